The second-order valence-corrected chi connectivity index (χ2v) is 5.66. The first kappa shape index (κ1) is 17.7. The zero-order valence-electron chi connectivity index (χ0n) is 13.4. The molecule has 1 amide bonds. The number of thiocarbonyl (C=S) groups is 1. The molecule has 0 saturated carbocycles. The number of carboxylic acids is 1. The minimum Gasteiger partial charge on any atom is -0.475 e. The number of carbonyl (C=O) groups is 2. The van der Waals surface area contributed by atoms with E-state index in [2.05, 4.69) is 10.6 Å². The number of nitrogens with one attached hydrogen (secondary N) is 2. The first-order chi connectivity index (χ1) is 11.4. The van der Waals surface area contributed by atoms with Crippen LogP contribution in [0.25, 0.3) is 11.3 Å². The summed E-state index contributed by atoms with van der Waals surface area (Å²) in [6.45, 7) is 3.80. The van der Waals surface area contributed by atoms with Crippen LogP contribution in [0.3, 0.4) is 0 Å². The van der Waals surface area contributed by atoms with Crippen LogP contribution in [-0.4, -0.2) is 22.1 Å². The van der Waals surface area contributed by atoms with Crippen molar-refractivity contribution in [2.75, 3.05) is 5.32 Å². The van der Waals surface area contributed by atoms with Crippen LogP contribution in [0.1, 0.15) is 35.9 Å². The number of hydrogen-bond acceptors (Lipinski definition) is 4. The van der Waals surface area contributed by atoms with Gasteiger partial charge in [0.1, 0.15) is 5.76 Å². The molecule has 0 aliphatic rings. The van der Waals surface area contributed by atoms with Crippen LogP contribution in [-0.2, 0) is 4.79 Å². The number of hydrogen-bond donors (Lipinski definition) is 3. The monoisotopic (exact) mass is 346 g/mol. The van der Waals surface area contributed by atoms with E-state index in [-0.39, 0.29) is 16.8 Å². The molecule has 1 aromatic heterocycles. The standard InChI is InChI=1S/C17H18N2O4S/c1-3-4-15(20)19-17(24)18-11-5-6-12(10(2)9-11)13-7-8-14(23-13)16(21)22/h5-9H,3-4H2,1-2H3,(H,21,22)(H2,18,19,20,24). The minimum absolute atomic E-state index is 0.105. The third kappa shape index (κ3) is 4.42. The van der Waals surface area contributed by atoms with Crippen LogP contribution in [0.15, 0.2) is 34.7 Å². The smallest absolute Gasteiger partial charge is 0.371 e. The van der Waals surface area contributed by atoms with Crippen molar-refractivity contribution in [1.82, 2.24) is 5.32 Å². The molecule has 7 heteroatoms. The summed E-state index contributed by atoms with van der Waals surface area (Å²) in [7, 11) is 0. The van der Waals surface area contributed by atoms with Crippen molar-refractivity contribution in [2.45, 2.75) is 26.7 Å². The van der Waals surface area contributed by atoms with Crippen LogP contribution in [0, 0.1) is 6.92 Å². The summed E-state index contributed by atoms with van der Waals surface area (Å²) in [4.78, 5) is 22.4. The fourth-order valence-electron chi connectivity index (χ4n) is 2.19. The third-order valence-corrected chi connectivity index (χ3v) is 3.50. The highest BCUT2D eigenvalue weighted by Gasteiger charge is 2.12. The maximum absolute atomic E-state index is 11.5. The van der Waals surface area contributed by atoms with Gasteiger partial charge in [0.2, 0.25) is 11.7 Å². The van der Waals surface area contributed by atoms with E-state index in [1.807, 2.05) is 19.9 Å². The van der Waals surface area contributed by atoms with Crippen molar-refractivity contribution in [1.29, 1.82) is 0 Å². The molecule has 1 heterocycles. The molecule has 0 radical (unpaired) electrons. The van der Waals surface area contributed by atoms with Gasteiger partial charge in [-0.25, -0.2) is 4.79 Å². The SMILES string of the molecule is CCCC(=O)NC(=S)Nc1ccc(-c2ccc(C(=O)O)o2)c(C)c1. The molecular weight excluding hydrogens is 328 g/mol. The minimum atomic E-state index is -1.11. The van der Waals surface area contributed by atoms with Crippen molar-refractivity contribution in [2.24, 2.45) is 0 Å². The van der Waals surface area contributed by atoms with E-state index in [0.29, 0.717) is 12.2 Å². The van der Waals surface area contributed by atoms with Gasteiger partial charge in [0.15, 0.2) is 5.11 Å². The number of aromatic carboxylic acids is 1. The van der Waals surface area contributed by atoms with Crippen molar-refractivity contribution in [3.63, 3.8) is 0 Å². The number of rotatable bonds is 5. The van der Waals surface area contributed by atoms with E-state index >= 15 is 0 Å². The van der Waals surface area contributed by atoms with Gasteiger partial charge >= 0.3 is 5.97 Å². The molecule has 2 aromatic rings. The predicted molar refractivity (Wildman–Crippen MR) is 95.1 cm³/mol. The number of carbonyl (C=O) groups excluding carboxylic acids is 1. The highest BCUT2D eigenvalue weighted by molar-refractivity contribution is 7.80. The van der Waals surface area contributed by atoms with Gasteiger partial charge in [0, 0.05) is 17.7 Å². The lowest BCUT2D eigenvalue weighted by Crippen LogP contribution is -2.33. The van der Waals surface area contributed by atoms with Crippen molar-refractivity contribution < 1.29 is 19.1 Å². The number of anilines is 1. The Morgan fingerprint density at radius 1 is 1.25 bits per heavy atom. The Labute approximate surface area is 144 Å². The van der Waals surface area contributed by atoms with E-state index in [1.54, 1.807) is 18.2 Å². The molecular formula is C17H18N2O4S. The topological polar surface area (TPSA) is 91.6 Å². The molecule has 6 nitrogen and oxygen atoms in total. The summed E-state index contributed by atoms with van der Waals surface area (Å²) in [6, 6.07) is 8.47. The Morgan fingerprint density at radius 2 is 2.00 bits per heavy atom. The molecule has 0 spiro atoms. The van der Waals surface area contributed by atoms with E-state index in [0.717, 1.165) is 23.2 Å². The summed E-state index contributed by atoms with van der Waals surface area (Å²) in [5, 5.41) is 14.7. The molecule has 24 heavy (non-hydrogen) atoms. The highest BCUT2D eigenvalue weighted by Crippen LogP contribution is 2.27. The lowest BCUT2D eigenvalue weighted by Gasteiger charge is -2.11. The lowest BCUT2D eigenvalue weighted by atomic mass is 10.1. The lowest BCUT2D eigenvalue weighted by molar-refractivity contribution is -0.119. The molecule has 0 atom stereocenters. The average molecular weight is 346 g/mol. The Morgan fingerprint density at radius 3 is 2.58 bits per heavy atom. The fourth-order valence-corrected chi connectivity index (χ4v) is 2.43. The number of benzene rings is 1. The number of carboxylic acid groups (broad SMARTS) is 1. The van der Waals surface area contributed by atoms with Gasteiger partial charge in [-0.15, -0.1) is 0 Å². The number of furan rings is 1. The van der Waals surface area contributed by atoms with Crippen LogP contribution in [0.5, 0.6) is 0 Å². The van der Waals surface area contributed by atoms with Crippen LogP contribution in [0.2, 0.25) is 0 Å². The summed E-state index contributed by atoms with van der Waals surface area (Å²) < 4.78 is 5.31. The van der Waals surface area contributed by atoms with Gasteiger partial charge in [0.05, 0.1) is 0 Å². The fraction of sp³-hybridized carbons (Fsp3) is 0.235. The number of aryl methyl sites for hydroxylation is 1. The molecule has 126 valence electrons. The molecule has 0 aliphatic heterocycles. The number of amides is 1. The Bertz CT molecular complexity index is 783. The van der Waals surface area contributed by atoms with E-state index in [4.69, 9.17) is 21.7 Å². The molecule has 1 aromatic carbocycles. The summed E-state index contributed by atoms with van der Waals surface area (Å²) in [5.41, 5.74) is 2.39. The molecule has 3 N–H and O–H groups in total. The van der Waals surface area contributed by atoms with Gasteiger partial charge in [0.25, 0.3) is 0 Å². The van der Waals surface area contributed by atoms with E-state index in [1.165, 1.54) is 6.07 Å². The van der Waals surface area contributed by atoms with Crippen LogP contribution in [0.4, 0.5) is 5.69 Å². The van der Waals surface area contributed by atoms with Gasteiger partial charge in [-0.3, -0.25) is 4.79 Å². The first-order valence-corrected chi connectivity index (χ1v) is 7.86. The molecule has 0 saturated heterocycles. The quantitative estimate of drug-likeness (QED) is 0.717. The molecule has 2 rings (SSSR count). The van der Waals surface area contributed by atoms with Crippen molar-refractivity contribution >= 4 is 34.9 Å². The summed E-state index contributed by atoms with van der Waals surface area (Å²) in [5.74, 6) is -0.854. The largest absolute Gasteiger partial charge is 0.475 e. The third-order valence-electron chi connectivity index (χ3n) is 3.30. The average Bonchev–Trinajstić information content (AvgIpc) is 2.97. The predicted octanol–water partition coefficient (Wildman–Crippen LogP) is 3.57. The molecule has 0 fully saturated rings. The Kier molecular flexibility index (Phi) is 5.70. The van der Waals surface area contributed by atoms with E-state index < -0.39 is 5.97 Å². The first-order valence-electron chi connectivity index (χ1n) is 7.45. The molecule has 0 aliphatic carbocycles. The summed E-state index contributed by atoms with van der Waals surface area (Å²) in [6.07, 6.45) is 1.17. The van der Waals surface area contributed by atoms with Crippen molar-refractivity contribution in [3.8, 4) is 11.3 Å². The van der Waals surface area contributed by atoms with Crippen LogP contribution < -0.4 is 10.6 Å². The summed E-state index contributed by atoms with van der Waals surface area (Å²) >= 11 is 5.10. The normalized spacial score (nSPS) is 10.2. The van der Waals surface area contributed by atoms with Crippen LogP contribution >= 0.6 is 12.2 Å². The zero-order chi connectivity index (χ0) is 17.7. The Balaban J connectivity index is 2.10. The Hall–Kier alpha value is -2.67. The second-order valence-electron chi connectivity index (χ2n) is 5.25. The highest BCUT2D eigenvalue weighted by atomic mass is 32.1. The van der Waals surface area contributed by atoms with Gasteiger partial charge in [-0.1, -0.05) is 6.92 Å². The van der Waals surface area contributed by atoms with Crippen molar-refractivity contribution in [3.05, 3.63) is 41.7 Å². The maximum atomic E-state index is 11.5. The zero-order valence-corrected chi connectivity index (χ0v) is 14.2. The molecule has 0 unspecified atom stereocenters. The maximum Gasteiger partial charge on any atom is 0.371 e. The van der Waals surface area contributed by atoms with Gasteiger partial charge in [-0.05, 0) is 61.5 Å². The van der Waals surface area contributed by atoms with Gasteiger partial charge < -0.3 is 20.2 Å². The van der Waals surface area contributed by atoms with Gasteiger partial charge in [-0.2, -0.15) is 0 Å². The van der Waals surface area contributed by atoms with E-state index in [9.17, 15) is 9.59 Å². The molecule has 0 bridgehead atoms. The second kappa shape index (κ2) is 7.74.